The van der Waals surface area contributed by atoms with Crippen LogP contribution < -0.4 is 4.74 Å². The third kappa shape index (κ3) is 8.23. The van der Waals surface area contributed by atoms with Gasteiger partial charge in [-0.15, -0.1) is 5.10 Å². The maximum atomic E-state index is 14.7. The van der Waals surface area contributed by atoms with Crippen LogP contribution >= 0.6 is 0 Å². The van der Waals surface area contributed by atoms with Gasteiger partial charge < -0.3 is 14.2 Å². The van der Waals surface area contributed by atoms with Crippen molar-refractivity contribution >= 4 is 17.7 Å². The van der Waals surface area contributed by atoms with E-state index in [-0.39, 0.29) is 30.4 Å². The lowest BCUT2D eigenvalue weighted by molar-refractivity contribution is -0.155. The van der Waals surface area contributed by atoms with Gasteiger partial charge in [0, 0.05) is 37.9 Å². The number of pyridine rings is 1. The number of esters is 1. The molecule has 2 atom stereocenters. The number of hydrogen-bond donors (Lipinski definition) is 0. The summed E-state index contributed by atoms with van der Waals surface area (Å²) in [4.78, 5) is 46.3. The average Bonchev–Trinajstić information content (AvgIpc) is 4.05. The first-order valence-electron chi connectivity index (χ1n) is 20.8. The smallest absolute Gasteiger partial charge is 0.324 e. The lowest BCUT2D eigenvalue weighted by atomic mass is 9.77. The Bertz CT molecular complexity index is 2550. The number of carbonyl (C=O) groups excluding carboxylic acids is 3. The zero-order valence-electron chi connectivity index (χ0n) is 35.3. The highest BCUT2D eigenvalue weighted by Gasteiger charge is 2.44. The van der Waals surface area contributed by atoms with E-state index in [1.807, 2.05) is 108 Å². The molecule has 13 nitrogen and oxygen atoms in total. The predicted molar refractivity (Wildman–Crippen MR) is 236 cm³/mol. The van der Waals surface area contributed by atoms with Gasteiger partial charge in [0.1, 0.15) is 17.6 Å². The number of hydrazine groups is 1. The number of tetrazole rings is 1. The predicted octanol–water partition coefficient (Wildman–Crippen LogP) is 7.94. The SMILES string of the molecule is CCC(=O)[C@H](c1ccc(-c2ccccc2-c2nnnn2C(c2ccccc2)(c2ccccc2)c2ccccc2)cc1)N(C(=O)c1ccc(OCOC)nc1)N1CCC[C@H]1C(=O)OC. The fraction of sp³-hybridized carbons (Fsp3) is 0.220. The van der Waals surface area contributed by atoms with Crippen molar-refractivity contribution in [3.05, 3.63) is 186 Å². The lowest BCUT2D eigenvalue weighted by Gasteiger charge is -2.40. The van der Waals surface area contributed by atoms with E-state index in [0.29, 0.717) is 30.8 Å². The van der Waals surface area contributed by atoms with E-state index >= 15 is 0 Å². The van der Waals surface area contributed by atoms with Crippen LogP contribution in [0.3, 0.4) is 0 Å². The molecule has 2 aromatic heterocycles. The van der Waals surface area contributed by atoms with E-state index in [4.69, 9.17) is 24.5 Å². The Hall–Kier alpha value is -7.35. The first kappa shape index (κ1) is 42.3. The number of nitrogens with zero attached hydrogens (tertiary/aromatic N) is 7. The number of ketones is 1. The Morgan fingerprint density at radius 2 is 1.37 bits per heavy atom. The summed E-state index contributed by atoms with van der Waals surface area (Å²) in [6.45, 7) is 2.11. The van der Waals surface area contributed by atoms with Gasteiger partial charge >= 0.3 is 5.97 Å². The van der Waals surface area contributed by atoms with Crippen molar-refractivity contribution < 1.29 is 28.6 Å². The number of carbonyl (C=O) groups is 3. The van der Waals surface area contributed by atoms with Crippen molar-refractivity contribution in [3.63, 3.8) is 0 Å². The molecule has 0 bridgehead atoms. The van der Waals surface area contributed by atoms with E-state index < -0.39 is 29.5 Å². The van der Waals surface area contributed by atoms with Crippen molar-refractivity contribution in [1.82, 2.24) is 35.2 Å². The zero-order chi connectivity index (χ0) is 43.8. The van der Waals surface area contributed by atoms with Crippen LogP contribution in [0.4, 0.5) is 0 Å². The molecule has 1 aliphatic rings. The van der Waals surface area contributed by atoms with Gasteiger partial charge in [0.15, 0.2) is 18.4 Å². The first-order valence-corrected chi connectivity index (χ1v) is 20.8. The highest BCUT2D eigenvalue weighted by atomic mass is 16.7. The second-order valence-corrected chi connectivity index (χ2v) is 15.0. The van der Waals surface area contributed by atoms with E-state index in [1.165, 1.54) is 25.4 Å². The molecule has 318 valence electrons. The number of Topliss-reactive ketones (excluding diaryl/α,β-unsaturated/α-hetero) is 1. The molecule has 0 N–H and O–H groups in total. The quantitative estimate of drug-likeness (QED) is 0.0532. The summed E-state index contributed by atoms with van der Waals surface area (Å²) >= 11 is 0. The number of benzene rings is 5. The number of rotatable bonds is 16. The standard InChI is InChI=1S/C50H47N7O6/c1-4-44(58)46(56(55-32-16-25-43(55)49(60)62-3)48(59)37-30-31-45(51-33-37)63-34-61-2)36-28-26-35(27-29-36)41-23-14-15-24-42(41)47-52-53-54-57(47)50(38-17-8-5-9-18-38,39-19-10-6-11-20-39)40-21-12-7-13-22-40/h5-15,17-24,26-31,33,43,46H,4,16,25,32,34H2,1-3H3/t43-,46-/m0/s1. The molecule has 13 heteroatoms. The summed E-state index contributed by atoms with van der Waals surface area (Å²) in [5.74, 6) is -0.385. The van der Waals surface area contributed by atoms with Gasteiger partial charge in [0.25, 0.3) is 5.91 Å². The summed E-state index contributed by atoms with van der Waals surface area (Å²) < 4.78 is 17.5. The number of methoxy groups -OCH3 is 2. The fourth-order valence-corrected chi connectivity index (χ4v) is 8.53. The first-order chi connectivity index (χ1) is 30.9. The molecule has 7 aromatic rings. The van der Waals surface area contributed by atoms with Crippen molar-refractivity contribution in [2.75, 3.05) is 27.6 Å². The highest BCUT2D eigenvalue weighted by Crippen LogP contribution is 2.44. The molecule has 0 saturated carbocycles. The van der Waals surface area contributed by atoms with E-state index in [2.05, 4.69) is 46.6 Å². The maximum absolute atomic E-state index is 14.7. The Morgan fingerprint density at radius 1 is 0.762 bits per heavy atom. The minimum Gasteiger partial charge on any atom is -0.468 e. The minimum atomic E-state index is -1.07. The van der Waals surface area contributed by atoms with Gasteiger partial charge in [-0.05, 0) is 62.7 Å². The van der Waals surface area contributed by atoms with Gasteiger partial charge in [-0.2, -0.15) is 0 Å². The van der Waals surface area contributed by atoms with Gasteiger partial charge in [-0.3, -0.25) is 19.4 Å². The van der Waals surface area contributed by atoms with Crippen LogP contribution in [0.2, 0.25) is 0 Å². The number of ether oxygens (including phenoxy) is 3. The molecule has 0 unspecified atom stereocenters. The van der Waals surface area contributed by atoms with Crippen LogP contribution in [0.5, 0.6) is 5.88 Å². The van der Waals surface area contributed by atoms with Crippen LogP contribution in [-0.2, 0) is 24.6 Å². The van der Waals surface area contributed by atoms with Crippen LogP contribution in [0, 0.1) is 0 Å². The maximum Gasteiger partial charge on any atom is 0.324 e. The molecule has 0 radical (unpaired) electrons. The molecule has 8 rings (SSSR count). The summed E-state index contributed by atoms with van der Waals surface area (Å²) in [6, 6.07) is 47.5. The number of hydrogen-bond acceptors (Lipinski definition) is 11. The van der Waals surface area contributed by atoms with Crippen molar-refractivity contribution in [2.24, 2.45) is 0 Å². The topological polar surface area (TPSA) is 142 Å². The van der Waals surface area contributed by atoms with Gasteiger partial charge in [-0.1, -0.05) is 146 Å². The number of amides is 1. The molecule has 0 aliphatic carbocycles. The van der Waals surface area contributed by atoms with Crippen molar-refractivity contribution in [3.8, 4) is 28.4 Å². The molecule has 1 fully saturated rings. The Balaban J connectivity index is 1.23. The summed E-state index contributed by atoms with van der Waals surface area (Å²) in [5, 5.41) is 16.9. The van der Waals surface area contributed by atoms with E-state index in [1.54, 1.807) is 24.1 Å². The lowest BCUT2D eigenvalue weighted by Crippen LogP contribution is -2.54. The number of aromatic nitrogens is 5. The second-order valence-electron chi connectivity index (χ2n) is 15.0. The van der Waals surface area contributed by atoms with Crippen molar-refractivity contribution in [1.29, 1.82) is 0 Å². The normalized spacial score (nSPS) is 14.5. The molecular formula is C50H47N7O6. The highest BCUT2D eigenvalue weighted by molar-refractivity contribution is 5.98. The third-order valence-electron chi connectivity index (χ3n) is 11.5. The monoisotopic (exact) mass is 841 g/mol. The summed E-state index contributed by atoms with van der Waals surface area (Å²) in [6.07, 6.45) is 2.61. The molecule has 1 saturated heterocycles. The molecule has 0 spiro atoms. The molecular weight excluding hydrogens is 795 g/mol. The van der Waals surface area contributed by atoms with Gasteiger partial charge in [0.2, 0.25) is 5.88 Å². The van der Waals surface area contributed by atoms with E-state index in [9.17, 15) is 14.4 Å². The Morgan fingerprint density at radius 3 is 1.92 bits per heavy atom. The summed E-state index contributed by atoms with van der Waals surface area (Å²) in [5.41, 5.74) is 5.20. The minimum absolute atomic E-state index is 0.0125. The van der Waals surface area contributed by atoms with Gasteiger partial charge in [0.05, 0.1) is 12.7 Å². The Labute approximate surface area is 365 Å². The van der Waals surface area contributed by atoms with Gasteiger partial charge in [-0.25, -0.2) is 14.7 Å². The molecule has 1 amide bonds. The van der Waals surface area contributed by atoms with Crippen molar-refractivity contribution in [2.45, 2.75) is 43.8 Å². The van der Waals surface area contributed by atoms with Crippen LogP contribution in [0.15, 0.2) is 158 Å². The molecule has 5 aromatic carbocycles. The van der Waals surface area contributed by atoms with E-state index in [0.717, 1.165) is 33.4 Å². The van der Waals surface area contributed by atoms with Crippen LogP contribution in [-0.4, -0.2) is 86.5 Å². The zero-order valence-corrected chi connectivity index (χ0v) is 35.3. The van der Waals surface area contributed by atoms with Crippen LogP contribution in [0.25, 0.3) is 22.5 Å². The molecule has 1 aliphatic heterocycles. The Kier molecular flexibility index (Phi) is 12.9. The third-order valence-corrected chi connectivity index (χ3v) is 11.5. The van der Waals surface area contributed by atoms with Crippen LogP contribution in [0.1, 0.15) is 64.8 Å². The average molecular weight is 842 g/mol. The largest absolute Gasteiger partial charge is 0.468 e. The summed E-state index contributed by atoms with van der Waals surface area (Å²) in [7, 11) is 2.82. The molecule has 63 heavy (non-hydrogen) atoms. The fourth-order valence-electron chi connectivity index (χ4n) is 8.53. The second kappa shape index (κ2) is 19.1. The molecule has 3 heterocycles.